The topological polar surface area (TPSA) is 21.3 Å². The first-order valence-electron chi connectivity index (χ1n) is 7.42. The van der Waals surface area contributed by atoms with Crippen LogP contribution in [0.15, 0.2) is 54.6 Å². The molecule has 0 aromatic heterocycles. The van der Waals surface area contributed by atoms with E-state index >= 15 is 0 Å². The minimum atomic E-state index is 0.317. The van der Waals surface area contributed by atoms with Crippen LogP contribution in [0.1, 0.15) is 42.0 Å². The summed E-state index contributed by atoms with van der Waals surface area (Å²) in [6, 6.07) is 19.3. The average molecular weight is 267 g/mol. The highest BCUT2D eigenvalue weighted by atomic mass is 16.6. The Kier molecular flexibility index (Phi) is 4.46. The van der Waals surface area contributed by atoms with Crippen LogP contribution in [0.3, 0.4) is 0 Å². The van der Waals surface area contributed by atoms with E-state index in [1.807, 2.05) is 18.2 Å². The molecule has 0 heterocycles. The van der Waals surface area contributed by atoms with Gasteiger partial charge in [-0.2, -0.15) is 5.48 Å². The van der Waals surface area contributed by atoms with Crippen LogP contribution in [0.5, 0.6) is 0 Å². The van der Waals surface area contributed by atoms with E-state index in [1.54, 1.807) is 0 Å². The zero-order chi connectivity index (χ0) is 13.6. The molecule has 0 spiro atoms. The van der Waals surface area contributed by atoms with Gasteiger partial charge in [-0.15, -0.1) is 0 Å². The molecule has 0 saturated heterocycles. The summed E-state index contributed by atoms with van der Waals surface area (Å²) in [5, 5.41) is 0. The van der Waals surface area contributed by atoms with Crippen molar-refractivity contribution in [2.24, 2.45) is 0 Å². The molecule has 1 N–H and O–H groups in total. The van der Waals surface area contributed by atoms with Crippen LogP contribution >= 0.6 is 0 Å². The summed E-state index contributed by atoms with van der Waals surface area (Å²) in [6.45, 7) is 0.611. The number of aryl methyl sites for hydroxylation is 1. The fourth-order valence-corrected chi connectivity index (χ4v) is 2.84. The lowest BCUT2D eigenvalue weighted by atomic mass is 10.00. The third-order valence-corrected chi connectivity index (χ3v) is 3.93. The summed E-state index contributed by atoms with van der Waals surface area (Å²) >= 11 is 0. The second-order valence-electron chi connectivity index (χ2n) is 5.39. The first kappa shape index (κ1) is 13.3. The Balaban J connectivity index is 1.62. The summed E-state index contributed by atoms with van der Waals surface area (Å²) in [7, 11) is 0. The van der Waals surface area contributed by atoms with E-state index in [0.29, 0.717) is 12.6 Å². The van der Waals surface area contributed by atoms with Gasteiger partial charge in [-0.3, -0.25) is 4.84 Å². The zero-order valence-electron chi connectivity index (χ0n) is 11.7. The van der Waals surface area contributed by atoms with Crippen molar-refractivity contribution < 1.29 is 4.84 Å². The SMILES string of the molecule is c1ccc(CONC2CCCCc3ccccc32)cc1. The van der Waals surface area contributed by atoms with Gasteiger partial charge in [0.2, 0.25) is 0 Å². The smallest absolute Gasteiger partial charge is 0.0933 e. The lowest BCUT2D eigenvalue weighted by molar-refractivity contribution is 0.000880. The maximum atomic E-state index is 5.72. The van der Waals surface area contributed by atoms with Gasteiger partial charge < -0.3 is 0 Å². The zero-order valence-corrected chi connectivity index (χ0v) is 11.7. The summed E-state index contributed by atoms with van der Waals surface area (Å²) in [4.78, 5) is 5.72. The van der Waals surface area contributed by atoms with E-state index in [9.17, 15) is 0 Å². The van der Waals surface area contributed by atoms with Crippen LogP contribution in [0, 0.1) is 0 Å². The molecule has 0 saturated carbocycles. The van der Waals surface area contributed by atoms with Crippen molar-refractivity contribution in [1.82, 2.24) is 5.48 Å². The quantitative estimate of drug-likeness (QED) is 0.663. The second-order valence-corrected chi connectivity index (χ2v) is 5.39. The molecule has 2 heteroatoms. The Morgan fingerprint density at radius 1 is 0.950 bits per heavy atom. The van der Waals surface area contributed by atoms with Crippen LogP contribution < -0.4 is 5.48 Å². The Morgan fingerprint density at radius 3 is 2.65 bits per heavy atom. The van der Waals surface area contributed by atoms with Gasteiger partial charge in [-0.05, 0) is 36.0 Å². The first-order valence-corrected chi connectivity index (χ1v) is 7.42. The summed E-state index contributed by atoms with van der Waals surface area (Å²) in [5.41, 5.74) is 7.33. The molecule has 2 nitrogen and oxygen atoms in total. The van der Waals surface area contributed by atoms with Gasteiger partial charge in [0.1, 0.15) is 0 Å². The van der Waals surface area contributed by atoms with Crippen molar-refractivity contribution in [3.63, 3.8) is 0 Å². The molecule has 0 amide bonds. The molecule has 0 fully saturated rings. The van der Waals surface area contributed by atoms with E-state index in [4.69, 9.17) is 4.84 Å². The molecular formula is C18H21NO. The Morgan fingerprint density at radius 2 is 1.75 bits per heavy atom. The molecule has 1 unspecified atom stereocenters. The number of benzene rings is 2. The minimum Gasteiger partial charge on any atom is -0.296 e. The summed E-state index contributed by atoms with van der Waals surface area (Å²) < 4.78 is 0. The molecule has 0 bridgehead atoms. The van der Waals surface area contributed by atoms with Gasteiger partial charge >= 0.3 is 0 Å². The van der Waals surface area contributed by atoms with Crippen molar-refractivity contribution in [3.05, 3.63) is 71.3 Å². The molecule has 2 aromatic rings. The summed E-state index contributed by atoms with van der Waals surface area (Å²) in [6.07, 6.45) is 4.85. The van der Waals surface area contributed by atoms with Gasteiger partial charge in [-0.1, -0.05) is 61.0 Å². The third-order valence-electron chi connectivity index (χ3n) is 3.93. The van der Waals surface area contributed by atoms with Gasteiger partial charge in [0.25, 0.3) is 0 Å². The number of hydroxylamine groups is 1. The Labute approximate surface area is 120 Å². The third kappa shape index (κ3) is 3.27. The van der Waals surface area contributed by atoms with E-state index < -0.39 is 0 Å². The van der Waals surface area contributed by atoms with Gasteiger partial charge in [0.15, 0.2) is 0 Å². The molecule has 3 rings (SSSR count). The minimum absolute atomic E-state index is 0.317. The lowest BCUT2D eigenvalue weighted by Gasteiger charge is -2.19. The molecule has 1 aliphatic carbocycles. The van der Waals surface area contributed by atoms with Crippen molar-refractivity contribution in [2.75, 3.05) is 0 Å². The maximum Gasteiger partial charge on any atom is 0.0933 e. The molecular weight excluding hydrogens is 246 g/mol. The monoisotopic (exact) mass is 267 g/mol. The maximum absolute atomic E-state index is 5.72. The van der Waals surface area contributed by atoms with Gasteiger partial charge in [-0.25, -0.2) is 0 Å². The number of hydrogen-bond acceptors (Lipinski definition) is 2. The molecule has 1 atom stereocenters. The van der Waals surface area contributed by atoms with Crippen LogP contribution in [-0.2, 0) is 17.9 Å². The average Bonchev–Trinajstić information content (AvgIpc) is 2.71. The number of rotatable bonds is 4. The van der Waals surface area contributed by atoms with E-state index in [1.165, 1.54) is 36.0 Å². The molecule has 0 radical (unpaired) electrons. The van der Waals surface area contributed by atoms with Crippen LogP contribution in [0.4, 0.5) is 0 Å². The predicted octanol–water partition coefficient (Wildman–Crippen LogP) is 4.18. The highest BCUT2D eigenvalue weighted by Gasteiger charge is 2.17. The number of hydrogen-bond donors (Lipinski definition) is 1. The highest BCUT2D eigenvalue weighted by molar-refractivity contribution is 5.30. The largest absolute Gasteiger partial charge is 0.296 e. The van der Waals surface area contributed by atoms with Crippen molar-refractivity contribution in [3.8, 4) is 0 Å². The molecule has 2 aromatic carbocycles. The molecule has 0 aliphatic heterocycles. The standard InChI is InChI=1S/C18H21NO/c1-2-8-15(9-3-1)14-20-19-18-13-7-5-11-16-10-4-6-12-17(16)18/h1-4,6,8-10,12,18-19H,5,7,11,13-14H2. The van der Waals surface area contributed by atoms with Gasteiger partial charge in [0, 0.05) is 0 Å². The molecule has 1 aliphatic rings. The Hall–Kier alpha value is -1.64. The fraction of sp³-hybridized carbons (Fsp3) is 0.333. The van der Waals surface area contributed by atoms with Crippen molar-refractivity contribution in [1.29, 1.82) is 0 Å². The summed E-state index contributed by atoms with van der Waals surface area (Å²) in [5.74, 6) is 0. The first-order chi connectivity index (χ1) is 9.93. The van der Waals surface area contributed by atoms with Crippen LogP contribution in [0.2, 0.25) is 0 Å². The van der Waals surface area contributed by atoms with Crippen LogP contribution in [0.25, 0.3) is 0 Å². The fourth-order valence-electron chi connectivity index (χ4n) is 2.84. The Bertz CT molecular complexity index is 538. The van der Waals surface area contributed by atoms with E-state index in [0.717, 1.165) is 6.42 Å². The van der Waals surface area contributed by atoms with Crippen molar-refractivity contribution in [2.45, 2.75) is 38.3 Å². The normalized spacial score (nSPS) is 18.3. The van der Waals surface area contributed by atoms with E-state index in [2.05, 4.69) is 41.9 Å². The molecule has 104 valence electrons. The second kappa shape index (κ2) is 6.69. The highest BCUT2D eigenvalue weighted by Crippen LogP contribution is 2.28. The lowest BCUT2D eigenvalue weighted by Crippen LogP contribution is -2.21. The van der Waals surface area contributed by atoms with Crippen LogP contribution in [-0.4, -0.2) is 0 Å². The van der Waals surface area contributed by atoms with Crippen molar-refractivity contribution >= 4 is 0 Å². The van der Waals surface area contributed by atoms with E-state index in [-0.39, 0.29) is 0 Å². The molecule has 20 heavy (non-hydrogen) atoms. The number of fused-ring (bicyclic) bond motifs is 1. The predicted molar refractivity (Wildman–Crippen MR) is 81.1 cm³/mol. The number of nitrogens with one attached hydrogen (secondary N) is 1. The van der Waals surface area contributed by atoms with Gasteiger partial charge in [0.05, 0.1) is 12.6 Å².